The number of carbonyl (C=O) groups excluding carboxylic acids is 1. The molecule has 1 aromatic heterocycles. The summed E-state index contributed by atoms with van der Waals surface area (Å²) in [6.45, 7) is 6.31. The normalized spacial score (nSPS) is 20.1. The Morgan fingerprint density at radius 3 is 2.41 bits per heavy atom. The second-order valence-electron chi connectivity index (χ2n) is 8.65. The number of halogens is 4. The maximum absolute atomic E-state index is 12.8. The Morgan fingerprint density at radius 2 is 1.84 bits per heavy atom. The molecule has 0 spiro atoms. The molecule has 0 bridgehead atoms. The van der Waals surface area contributed by atoms with Gasteiger partial charge in [0.2, 0.25) is 0 Å². The lowest BCUT2D eigenvalue weighted by atomic mass is 9.83. The molecule has 0 radical (unpaired) electrons. The standard InChI is InChI=1S/C23H30ClF3N4O/c1-4-31-21(17-9-11-18(12-10-17)29-15(3)23(25,26)27)19(24)20(30-31)22(32)28-13-16-7-5-14(2)6-8-16/h9-12,14-16,29H,4-8,13H2,1-3H3,(H,28,32)/t14?,15-,16?/m1/s1. The number of anilines is 1. The van der Waals surface area contributed by atoms with E-state index >= 15 is 0 Å². The zero-order valence-corrected chi connectivity index (χ0v) is 19.4. The molecule has 1 aromatic carbocycles. The minimum atomic E-state index is -4.33. The Kier molecular flexibility index (Phi) is 7.75. The number of aryl methyl sites for hydroxylation is 1. The van der Waals surface area contributed by atoms with Gasteiger partial charge < -0.3 is 10.6 Å². The fourth-order valence-electron chi connectivity index (χ4n) is 4.00. The van der Waals surface area contributed by atoms with Gasteiger partial charge in [0.1, 0.15) is 6.04 Å². The van der Waals surface area contributed by atoms with Crippen molar-refractivity contribution in [1.29, 1.82) is 0 Å². The fraction of sp³-hybridized carbons (Fsp3) is 0.565. The van der Waals surface area contributed by atoms with E-state index in [1.165, 1.54) is 12.8 Å². The van der Waals surface area contributed by atoms with Crippen molar-refractivity contribution in [3.8, 4) is 11.3 Å². The first-order valence-corrected chi connectivity index (χ1v) is 11.5. The van der Waals surface area contributed by atoms with Crippen LogP contribution in [0.15, 0.2) is 24.3 Å². The molecule has 1 aliphatic rings. The molecule has 0 unspecified atom stereocenters. The van der Waals surface area contributed by atoms with Crippen LogP contribution >= 0.6 is 11.6 Å². The third kappa shape index (κ3) is 5.77. The van der Waals surface area contributed by atoms with E-state index in [9.17, 15) is 18.0 Å². The lowest BCUT2D eigenvalue weighted by Crippen LogP contribution is -2.32. The summed E-state index contributed by atoms with van der Waals surface area (Å²) in [6.07, 6.45) is 0.250. The maximum atomic E-state index is 12.8. The molecule has 1 amide bonds. The summed E-state index contributed by atoms with van der Waals surface area (Å²) in [6, 6.07) is 4.80. The van der Waals surface area contributed by atoms with E-state index in [0.717, 1.165) is 25.7 Å². The first-order valence-electron chi connectivity index (χ1n) is 11.1. The molecule has 1 heterocycles. The zero-order chi connectivity index (χ0) is 23.5. The number of nitrogens with one attached hydrogen (secondary N) is 2. The number of alkyl halides is 3. The average molecular weight is 471 g/mol. The quantitative estimate of drug-likeness (QED) is 0.510. The maximum Gasteiger partial charge on any atom is 0.408 e. The van der Waals surface area contributed by atoms with Crippen LogP contribution in [0.1, 0.15) is 56.9 Å². The number of benzene rings is 1. The lowest BCUT2D eigenvalue weighted by molar-refractivity contribution is -0.138. The first-order chi connectivity index (χ1) is 15.1. The Bertz CT molecular complexity index is 919. The van der Waals surface area contributed by atoms with Crippen molar-refractivity contribution in [3.63, 3.8) is 0 Å². The van der Waals surface area contributed by atoms with Gasteiger partial charge in [-0.15, -0.1) is 0 Å². The number of aromatic nitrogens is 2. The van der Waals surface area contributed by atoms with Crippen molar-refractivity contribution in [2.24, 2.45) is 11.8 Å². The smallest absolute Gasteiger partial charge is 0.374 e. The molecule has 0 saturated heterocycles. The van der Waals surface area contributed by atoms with Crippen molar-refractivity contribution in [2.45, 2.75) is 65.2 Å². The highest BCUT2D eigenvalue weighted by molar-refractivity contribution is 6.36. The average Bonchev–Trinajstić information content (AvgIpc) is 3.09. The Hall–Kier alpha value is -2.22. The Morgan fingerprint density at radius 1 is 1.22 bits per heavy atom. The number of rotatable bonds is 7. The molecule has 1 fully saturated rings. The SMILES string of the molecule is CCn1nc(C(=O)NCC2CCC(C)CC2)c(Cl)c1-c1ccc(N[C@H](C)C(F)(F)F)cc1. The summed E-state index contributed by atoms with van der Waals surface area (Å²) < 4.78 is 40.0. The molecule has 1 atom stereocenters. The molecule has 32 heavy (non-hydrogen) atoms. The van der Waals surface area contributed by atoms with E-state index in [2.05, 4.69) is 22.7 Å². The van der Waals surface area contributed by atoms with E-state index in [0.29, 0.717) is 36.0 Å². The van der Waals surface area contributed by atoms with Gasteiger partial charge in [-0.05, 0) is 50.7 Å². The van der Waals surface area contributed by atoms with Crippen LogP contribution in [-0.2, 0) is 6.54 Å². The Labute approximate surface area is 191 Å². The van der Waals surface area contributed by atoms with Crippen LogP contribution in [-0.4, -0.2) is 34.5 Å². The molecule has 3 rings (SSSR count). The van der Waals surface area contributed by atoms with Gasteiger partial charge in [0.25, 0.3) is 5.91 Å². The van der Waals surface area contributed by atoms with Gasteiger partial charge in [-0.25, -0.2) is 0 Å². The van der Waals surface area contributed by atoms with E-state index < -0.39 is 12.2 Å². The molecule has 1 aliphatic carbocycles. The summed E-state index contributed by atoms with van der Waals surface area (Å²) in [5.41, 5.74) is 1.76. The van der Waals surface area contributed by atoms with Crippen LogP contribution in [0.2, 0.25) is 5.02 Å². The van der Waals surface area contributed by atoms with E-state index in [1.54, 1.807) is 28.9 Å². The van der Waals surface area contributed by atoms with Crippen molar-refractivity contribution in [2.75, 3.05) is 11.9 Å². The first kappa shape index (κ1) is 24.4. The van der Waals surface area contributed by atoms with Gasteiger partial charge in [-0.1, -0.05) is 43.5 Å². The van der Waals surface area contributed by atoms with Crippen molar-refractivity contribution in [1.82, 2.24) is 15.1 Å². The number of hydrogen-bond donors (Lipinski definition) is 2. The number of amides is 1. The molecule has 9 heteroatoms. The highest BCUT2D eigenvalue weighted by Crippen LogP contribution is 2.33. The highest BCUT2D eigenvalue weighted by atomic mass is 35.5. The van der Waals surface area contributed by atoms with Crippen molar-refractivity contribution >= 4 is 23.2 Å². The monoisotopic (exact) mass is 470 g/mol. The summed E-state index contributed by atoms with van der Waals surface area (Å²) in [4.78, 5) is 12.8. The molecule has 0 aliphatic heterocycles. The van der Waals surface area contributed by atoms with Gasteiger partial charge >= 0.3 is 6.18 Å². The molecular formula is C23H30ClF3N4O. The third-order valence-corrected chi connectivity index (χ3v) is 6.49. The predicted molar refractivity (Wildman–Crippen MR) is 121 cm³/mol. The van der Waals surface area contributed by atoms with E-state index in [4.69, 9.17) is 11.6 Å². The van der Waals surface area contributed by atoms with Gasteiger partial charge in [0.05, 0.1) is 10.7 Å². The van der Waals surface area contributed by atoms with E-state index in [-0.39, 0.29) is 16.6 Å². The minimum Gasteiger partial charge on any atom is -0.374 e. The second kappa shape index (κ2) is 10.1. The summed E-state index contributed by atoms with van der Waals surface area (Å²) in [5, 5.41) is 10.0. The third-order valence-electron chi connectivity index (χ3n) is 6.13. The van der Waals surface area contributed by atoms with Crippen LogP contribution in [0.3, 0.4) is 0 Å². The summed E-state index contributed by atoms with van der Waals surface area (Å²) in [7, 11) is 0. The molecule has 176 valence electrons. The molecule has 1 saturated carbocycles. The van der Waals surface area contributed by atoms with Gasteiger partial charge in [0.15, 0.2) is 5.69 Å². The predicted octanol–water partition coefficient (Wildman–Crippen LogP) is 6.14. The highest BCUT2D eigenvalue weighted by Gasteiger charge is 2.35. The second-order valence-corrected chi connectivity index (χ2v) is 9.03. The van der Waals surface area contributed by atoms with Gasteiger partial charge in [0, 0.05) is 24.3 Å². The van der Waals surface area contributed by atoms with Crippen LogP contribution in [0.25, 0.3) is 11.3 Å². The number of carbonyl (C=O) groups is 1. The van der Waals surface area contributed by atoms with E-state index in [1.807, 2.05) is 6.92 Å². The minimum absolute atomic E-state index is 0.167. The molecule has 2 N–H and O–H groups in total. The molecule has 2 aromatic rings. The number of nitrogens with zero attached hydrogens (tertiary/aromatic N) is 2. The number of hydrogen-bond acceptors (Lipinski definition) is 3. The van der Waals surface area contributed by atoms with Gasteiger partial charge in [-0.2, -0.15) is 18.3 Å². The van der Waals surface area contributed by atoms with Crippen LogP contribution in [0.5, 0.6) is 0 Å². The topological polar surface area (TPSA) is 59.0 Å². The Balaban J connectivity index is 1.73. The zero-order valence-electron chi connectivity index (χ0n) is 18.6. The summed E-state index contributed by atoms with van der Waals surface area (Å²) in [5.74, 6) is 0.914. The van der Waals surface area contributed by atoms with Crippen LogP contribution in [0.4, 0.5) is 18.9 Å². The lowest BCUT2D eigenvalue weighted by Gasteiger charge is -2.26. The summed E-state index contributed by atoms with van der Waals surface area (Å²) >= 11 is 6.55. The van der Waals surface area contributed by atoms with Crippen molar-refractivity contribution < 1.29 is 18.0 Å². The van der Waals surface area contributed by atoms with Crippen LogP contribution < -0.4 is 10.6 Å². The fourth-order valence-corrected chi connectivity index (χ4v) is 4.33. The van der Waals surface area contributed by atoms with Gasteiger partial charge in [-0.3, -0.25) is 9.48 Å². The molecule has 5 nitrogen and oxygen atoms in total. The van der Waals surface area contributed by atoms with Crippen molar-refractivity contribution in [3.05, 3.63) is 35.0 Å². The largest absolute Gasteiger partial charge is 0.408 e. The van der Waals surface area contributed by atoms with Crippen LogP contribution in [0, 0.1) is 11.8 Å². The molecular weight excluding hydrogens is 441 g/mol.